The first-order valence-electron chi connectivity index (χ1n) is 6.63. The Kier molecular flexibility index (Phi) is 5.99. The van der Waals surface area contributed by atoms with Crippen LogP contribution in [0.15, 0.2) is 18.2 Å². The Hall–Kier alpha value is -1.22. The van der Waals surface area contributed by atoms with E-state index in [-0.39, 0.29) is 12.0 Å². The Balaban J connectivity index is 2.61. The Morgan fingerprint density at radius 2 is 1.94 bits per heavy atom. The van der Waals surface area contributed by atoms with Gasteiger partial charge in [-0.15, -0.1) is 0 Å². The zero-order valence-electron chi connectivity index (χ0n) is 11.8. The van der Waals surface area contributed by atoms with Gasteiger partial charge >= 0.3 is 0 Å². The summed E-state index contributed by atoms with van der Waals surface area (Å²) in [5.74, 6) is 1.33. The predicted octanol–water partition coefficient (Wildman–Crippen LogP) is 3.74. The van der Waals surface area contributed by atoms with E-state index >= 15 is 0 Å². The molecule has 1 unspecified atom stereocenters. The second kappa shape index (κ2) is 7.27. The third-order valence-electron chi connectivity index (χ3n) is 2.73. The normalized spacial score (nSPS) is 12.7. The molecule has 1 N–H and O–H groups in total. The fourth-order valence-electron chi connectivity index (χ4n) is 1.72. The molecule has 102 valence electrons. The lowest BCUT2D eigenvalue weighted by Crippen LogP contribution is -2.16. The highest BCUT2D eigenvalue weighted by Gasteiger charge is 2.08. The van der Waals surface area contributed by atoms with Crippen LogP contribution in [0.25, 0.3) is 0 Å². The number of aryl methyl sites for hydroxylation is 1. The number of phenolic OH excluding ortho intramolecular Hbond substituents is 1. The van der Waals surface area contributed by atoms with E-state index in [1.54, 1.807) is 12.1 Å². The monoisotopic (exact) mass is 252 g/mol. The van der Waals surface area contributed by atoms with Crippen molar-refractivity contribution in [3.05, 3.63) is 23.8 Å². The van der Waals surface area contributed by atoms with Gasteiger partial charge in [-0.3, -0.25) is 0 Å². The zero-order chi connectivity index (χ0) is 13.5. The van der Waals surface area contributed by atoms with Crippen molar-refractivity contribution < 1.29 is 14.6 Å². The molecule has 1 atom stereocenters. The smallest absolute Gasteiger partial charge is 0.197 e. The summed E-state index contributed by atoms with van der Waals surface area (Å²) in [6.07, 6.45) is 1.75. The van der Waals surface area contributed by atoms with E-state index in [9.17, 15) is 5.11 Å². The highest BCUT2D eigenvalue weighted by Crippen LogP contribution is 2.28. The van der Waals surface area contributed by atoms with Crippen molar-refractivity contribution in [2.45, 2.75) is 46.8 Å². The maximum absolute atomic E-state index is 9.89. The maximum Gasteiger partial charge on any atom is 0.197 e. The first-order chi connectivity index (χ1) is 8.52. The third-order valence-corrected chi connectivity index (χ3v) is 2.73. The summed E-state index contributed by atoms with van der Waals surface area (Å²) in [6.45, 7) is 8.71. The molecule has 3 heteroatoms. The predicted molar refractivity (Wildman–Crippen MR) is 73.0 cm³/mol. The Bertz CT molecular complexity index is 361. The Labute approximate surface area is 110 Å². The Morgan fingerprint density at radius 1 is 1.22 bits per heavy atom. The van der Waals surface area contributed by atoms with Gasteiger partial charge in [-0.2, -0.15) is 0 Å². The lowest BCUT2D eigenvalue weighted by Gasteiger charge is -2.15. The summed E-state index contributed by atoms with van der Waals surface area (Å²) in [6, 6.07) is 5.58. The van der Waals surface area contributed by atoms with E-state index in [1.165, 1.54) is 0 Å². The minimum absolute atomic E-state index is 0.183. The minimum Gasteiger partial charge on any atom is -0.504 e. The molecule has 0 aliphatic carbocycles. The SMILES string of the molecule is CCOC(C)Oc1ccc(CCC(C)C)cc1O. The molecule has 3 nitrogen and oxygen atoms in total. The molecule has 0 saturated carbocycles. The molecule has 1 rings (SSSR count). The number of hydrogen-bond donors (Lipinski definition) is 1. The molecule has 1 aromatic carbocycles. The van der Waals surface area contributed by atoms with Gasteiger partial charge in [-0.1, -0.05) is 19.9 Å². The average Bonchev–Trinajstić information content (AvgIpc) is 2.30. The van der Waals surface area contributed by atoms with E-state index in [2.05, 4.69) is 13.8 Å². The standard InChI is InChI=1S/C15H24O3/c1-5-17-12(4)18-15-9-8-13(10-14(15)16)7-6-11(2)3/h8-12,16H,5-7H2,1-4H3. The van der Waals surface area contributed by atoms with Gasteiger partial charge in [0.1, 0.15) is 0 Å². The van der Waals surface area contributed by atoms with Crippen molar-refractivity contribution in [1.29, 1.82) is 0 Å². The molecular weight excluding hydrogens is 228 g/mol. The van der Waals surface area contributed by atoms with Crippen LogP contribution in [0.1, 0.15) is 39.7 Å². The molecule has 0 radical (unpaired) electrons. The summed E-state index contributed by atoms with van der Waals surface area (Å²) in [5.41, 5.74) is 1.14. The van der Waals surface area contributed by atoms with Crippen LogP contribution in [0, 0.1) is 5.92 Å². The number of rotatable bonds is 7. The molecule has 0 aliphatic heterocycles. The highest BCUT2D eigenvalue weighted by molar-refractivity contribution is 5.41. The first kappa shape index (κ1) is 14.8. The summed E-state index contributed by atoms with van der Waals surface area (Å²) >= 11 is 0. The summed E-state index contributed by atoms with van der Waals surface area (Å²) in [5, 5.41) is 9.89. The number of phenols is 1. The van der Waals surface area contributed by atoms with E-state index in [1.807, 2.05) is 19.9 Å². The zero-order valence-corrected chi connectivity index (χ0v) is 11.8. The fourth-order valence-corrected chi connectivity index (χ4v) is 1.72. The number of hydrogen-bond acceptors (Lipinski definition) is 3. The van der Waals surface area contributed by atoms with Gasteiger partial charge in [-0.25, -0.2) is 0 Å². The van der Waals surface area contributed by atoms with Crippen molar-refractivity contribution in [1.82, 2.24) is 0 Å². The third kappa shape index (κ3) is 4.96. The molecule has 0 amide bonds. The number of benzene rings is 1. The minimum atomic E-state index is -0.345. The second-order valence-electron chi connectivity index (χ2n) is 4.88. The van der Waals surface area contributed by atoms with Crippen molar-refractivity contribution in [2.75, 3.05) is 6.61 Å². The molecule has 18 heavy (non-hydrogen) atoms. The fraction of sp³-hybridized carbons (Fsp3) is 0.600. The summed E-state index contributed by atoms with van der Waals surface area (Å²) < 4.78 is 10.8. The highest BCUT2D eigenvalue weighted by atomic mass is 16.7. The average molecular weight is 252 g/mol. The van der Waals surface area contributed by atoms with Gasteiger partial charge in [0, 0.05) is 6.61 Å². The van der Waals surface area contributed by atoms with E-state index < -0.39 is 0 Å². The van der Waals surface area contributed by atoms with Gasteiger partial charge in [0.15, 0.2) is 17.8 Å². The first-order valence-corrected chi connectivity index (χ1v) is 6.63. The van der Waals surface area contributed by atoms with Crippen LogP contribution in [-0.2, 0) is 11.2 Å². The van der Waals surface area contributed by atoms with Crippen molar-refractivity contribution in [2.24, 2.45) is 5.92 Å². The van der Waals surface area contributed by atoms with Gasteiger partial charge in [0.05, 0.1) is 0 Å². The van der Waals surface area contributed by atoms with Gasteiger partial charge in [-0.05, 0) is 50.3 Å². The van der Waals surface area contributed by atoms with Gasteiger partial charge in [0.2, 0.25) is 0 Å². The molecule has 0 saturated heterocycles. The quantitative estimate of drug-likeness (QED) is 0.751. The molecule has 0 aromatic heterocycles. The lowest BCUT2D eigenvalue weighted by atomic mass is 10.0. The molecular formula is C15H24O3. The van der Waals surface area contributed by atoms with E-state index in [0.717, 1.165) is 18.4 Å². The topological polar surface area (TPSA) is 38.7 Å². The van der Waals surface area contributed by atoms with Crippen molar-refractivity contribution in [3.63, 3.8) is 0 Å². The molecule has 0 bridgehead atoms. The molecule has 0 heterocycles. The second-order valence-corrected chi connectivity index (χ2v) is 4.88. The number of aromatic hydroxyl groups is 1. The number of ether oxygens (including phenoxy) is 2. The lowest BCUT2D eigenvalue weighted by molar-refractivity contribution is -0.0623. The maximum atomic E-state index is 9.89. The van der Waals surface area contributed by atoms with Crippen molar-refractivity contribution >= 4 is 0 Å². The van der Waals surface area contributed by atoms with Crippen LogP contribution in [0.3, 0.4) is 0 Å². The summed E-state index contributed by atoms with van der Waals surface area (Å²) in [7, 11) is 0. The summed E-state index contributed by atoms with van der Waals surface area (Å²) in [4.78, 5) is 0. The van der Waals surface area contributed by atoms with Crippen LogP contribution in [0.5, 0.6) is 11.5 Å². The van der Waals surface area contributed by atoms with Crippen LogP contribution in [-0.4, -0.2) is 18.0 Å². The molecule has 0 aliphatic rings. The van der Waals surface area contributed by atoms with Crippen LogP contribution >= 0.6 is 0 Å². The van der Waals surface area contributed by atoms with E-state index in [4.69, 9.17) is 9.47 Å². The molecule has 1 aromatic rings. The molecule has 0 fully saturated rings. The van der Waals surface area contributed by atoms with Crippen LogP contribution in [0.2, 0.25) is 0 Å². The van der Waals surface area contributed by atoms with Gasteiger partial charge in [0.25, 0.3) is 0 Å². The van der Waals surface area contributed by atoms with Crippen LogP contribution < -0.4 is 4.74 Å². The van der Waals surface area contributed by atoms with E-state index in [0.29, 0.717) is 18.3 Å². The molecule has 0 spiro atoms. The Morgan fingerprint density at radius 3 is 2.50 bits per heavy atom. The van der Waals surface area contributed by atoms with Crippen LogP contribution in [0.4, 0.5) is 0 Å². The largest absolute Gasteiger partial charge is 0.504 e. The van der Waals surface area contributed by atoms with Gasteiger partial charge < -0.3 is 14.6 Å². The van der Waals surface area contributed by atoms with Crippen molar-refractivity contribution in [3.8, 4) is 11.5 Å².